The third-order valence-corrected chi connectivity index (χ3v) is 4.49. The number of nitrogens with one attached hydrogen (secondary N) is 2. The van der Waals surface area contributed by atoms with Gasteiger partial charge < -0.3 is 29.6 Å². The summed E-state index contributed by atoms with van der Waals surface area (Å²) in [4.78, 5) is 4.55. The highest BCUT2D eigenvalue weighted by Crippen LogP contribution is 2.39. The van der Waals surface area contributed by atoms with Gasteiger partial charge >= 0.3 is 0 Å². The quantitative estimate of drug-likeness (QED) is 0.245. The minimum absolute atomic E-state index is 0. The van der Waals surface area contributed by atoms with Crippen molar-refractivity contribution in [2.45, 2.75) is 26.4 Å². The van der Waals surface area contributed by atoms with E-state index >= 15 is 0 Å². The van der Waals surface area contributed by atoms with Crippen LogP contribution in [0.2, 0.25) is 0 Å². The first-order chi connectivity index (χ1) is 15.0. The summed E-state index contributed by atoms with van der Waals surface area (Å²) in [6, 6.07) is 10.2. The first-order valence-corrected chi connectivity index (χ1v) is 10.2. The highest BCUT2D eigenvalue weighted by Gasteiger charge is 2.15. The van der Waals surface area contributed by atoms with Gasteiger partial charge in [-0.1, -0.05) is 18.2 Å². The number of benzene rings is 2. The normalized spacial score (nSPS) is 11.8. The summed E-state index contributed by atoms with van der Waals surface area (Å²) in [5, 5.41) is 6.50. The van der Waals surface area contributed by atoms with Gasteiger partial charge in [-0.3, -0.25) is 0 Å². The molecule has 0 aliphatic rings. The van der Waals surface area contributed by atoms with E-state index in [0.29, 0.717) is 49.3 Å². The number of methoxy groups -OCH3 is 3. The molecule has 0 saturated carbocycles. The average molecular weight is 561 g/mol. The van der Waals surface area contributed by atoms with Crippen LogP contribution in [0.5, 0.6) is 23.0 Å². The highest BCUT2D eigenvalue weighted by molar-refractivity contribution is 14.0. The Hall–Kier alpha value is -2.43. The van der Waals surface area contributed by atoms with Crippen molar-refractivity contribution in [3.63, 3.8) is 0 Å². The lowest BCUT2D eigenvalue weighted by atomic mass is 10.1. The zero-order valence-electron chi connectivity index (χ0n) is 19.2. The Balaban J connectivity index is 0.00000512. The van der Waals surface area contributed by atoms with Gasteiger partial charge in [-0.15, -0.1) is 24.0 Å². The van der Waals surface area contributed by atoms with E-state index in [9.17, 15) is 4.39 Å². The third kappa shape index (κ3) is 7.92. The molecule has 2 rings (SSSR count). The molecule has 0 heterocycles. The summed E-state index contributed by atoms with van der Waals surface area (Å²) in [6.45, 7) is 5.57. The van der Waals surface area contributed by atoms with Crippen molar-refractivity contribution in [2.24, 2.45) is 4.99 Å². The molecule has 0 saturated heterocycles. The van der Waals surface area contributed by atoms with Crippen LogP contribution in [-0.4, -0.2) is 53.0 Å². The Morgan fingerprint density at radius 2 is 1.69 bits per heavy atom. The number of rotatable bonds is 11. The van der Waals surface area contributed by atoms with Crippen molar-refractivity contribution in [2.75, 3.05) is 41.0 Å². The molecule has 2 aromatic rings. The van der Waals surface area contributed by atoms with Crippen LogP contribution in [0.15, 0.2) is 41.4 Å². The van der Waals surface area contributed by atoms with Crippen LogP contribution in [0.25, 0.3) is 0 Å². The van der Waals surface area contributed by atoms with Gasteiger partial charge in [0.2, 0.25) is 5.75 Å². The van der Waals surface area contributed by atoms with Gasteiger partial charge in [0.1, 0.15) is 6.10 Å². The maximum absolute atomic E-state index is 13.7. The Morgan fingerprint density at radius 3 is 2.31 bits per heavy atom. The van der Waals surface area contributed by atoms with E-state index < -0.39 is 0 Å². The molecule has 0 bridgehead atoms. The standard InChI is InChI=1S/C23H32FN3O4.HI/c1-6-25-23(27-15-16(2)31-19-10-8-7-9-18(19)24)26-14-13-17-11-12-20(28-3)22(30-5)21(17)29-4;/h7-12,16H,6,13-15H2,1-5H3,(H2,25,26,27);1H. The van der Waals surface area contributed by atoms with Crippen LogP contribution in [0.3, 0.4) is 0 Å². The summed E-state index contributed by atoms with van der Waals surface area (Å²) >= 11 is 0. The van der Waals surface area contributed by atoms with Crippen molar-refractivity contribution < 1.29 is 23.3 Å². The summed E-state index contributed by atoms with van der Waals surface area (Å²) in [5.74, 6) is 2.34. The van der Waals surface area contributed by atoms with Crippen LogP contribution in [-0.2, 0) is 6.42 Å². The van der Waals surface area contributed by atoms with Crippen molar-refractivity contribution in [1.82, 2.24) is 10.6 Å². The molecule has 0 spiro atoms. The minimum atomic E-state index is -0.382. The Kier molecular flexibility index (Phi) is 12.6. The zero-order valence-corrected chi connectivity index (χ0v) is 21.6. The molecule has 0 fully saturated rings. The lowest BCUT2D eigenvalue weighted by Gasteiger charge is -2.17. The van der Waals surface area contributed by atoms with Crippen LogP contribution >= 0.6 is 24.0 Å². The predicted octanol–water partition coefficient (Wildman–Crippen LogP) is 4.03. The molecule has 0 aliphatic carbocycles. The van der Waals surface area contributed by atoms with Crippen molar-refractivity contribution in [3.8, 4) is 23.0 Å². The second-order valence-electron chi connectivity index (χ2n) is 6.75. The molecule has 1 unspecified atom stereocenters. The molecule has 1 atom stereocenters. The van der Waals surface area contributed by atoms with Crippen LogP contribution in [0, 0.1) is 5.82 Å². The summed E-state index contributed by atoms with van der Waals surface area (Å²) in [5.41, 5.74) is 0.986. The Morgan fingerprint density at radius 1 is 0.969 bits per heavy atom. The van der Waals surface area contributed by atoms with E-state index in [4.69, 9.17) is 18.9 Å². The van der Waals surface area contributed by atoms with Crippen molar-refractivity contribution in [1.29, 1.82) is 0 Å². The first kappa shape index (κ1) is 27.6. The summed E-state index contributed by atoms with van der Waals surface area (Å²) in [7, 11) is 4.79. The molecule has 0 aromatic heterocycles. The number of hydrogen-bond donors (Lipinski definition) is 2. The topological polar surface area (TPSA) is 73.3 Å². The molecule has 178 valence electrons. The van der Waals surface area contributed by atoms with Gasteiger partial charge in [-0.25, -0.2) is 9.38 Å². The van der Waals surface area contributed by atoms with Gasteiger partial charge in [-0.05, 0) is 38.5 Å². The second-order valence-corrected chi connectivity index (χ2v) is 6.75. The fourth-order valence-electron chi connectivity index (χ4n) is 3.03. The number of guanidine groups is 1. The molecule has 0 radical (unpaired) electrons. The second kappa shape index (κ2) is 14.6. The van der Waals surface area contributed by atoms with E-state index in [1.54, 1.807) is 39.5 Å². The average Bonchev–Trinajstić information content (AvgIpc) is 2.78. The van der Waals surface area contributed by atoms with Crippen molar-refractivity contribution in [3.05, 3.63) is 47.8 Å². The molecule has 0 aliphatic heterocycles. The third-order valence-electron chi connectivity index (χ3n) is 4.49. The Labute approximate surface area is 206 Å². The van der Waals surface area contributed by atoms with Crippen LogP contribution in [0.1, 0.15) is 19.4 Å². The van der Waals surface area contributed by atoms with Gasteiger partial charge in [-0.2, -0.15) is 0 Å². The lowest BCUT2D eigenvalue weighted by Crippen LogP contribution is -2.39. The largest absolute Gasteiger partial charge is 0.493 e. The van der Waals surface area contributed by atoms with E-state index in [1.807, 2.05) is 26.0 Å². The highest BCUT2D eigenvalue weighted by atomic mass is 127. The maximum Gasteiger partial charge on any atom is 0.203 e. The van der Waals surface area contributed by atoms with E-state index in [0.717, 1.165) is 5.56 Å². The van der Waals surface area contributed by atoms with Crippen LogP contribution < -0.4 is 29.6 Å². The molecular formula is C23H33FIN3O4. The van der Waals surface area contributed by atoms with E-state index in [-0.39, 0.29) is 41.6 Å². The van der Waals surface area contributed by atoms with Gasteiger partial charge in [0.25, 0.3) is 0 Å². The number of ether oxygens (including phenoxy) is 4. The fourth-order valence-corrected chi connectivity index (χ4v) is 3.03. The van der Waals surface area contributed by atoms with Gasteiger partial charge in [0.15, 0.2) is 29.0 Å². The van der Waals surface area contributed by atoms with E-state index in [2.05, 4.69) is 15.6 Å². The molecular weight excluding hydrogens is 528 g/mol. The number of aliphatic imine (C=N–C) groups is 1. The summed E-state index contributed by atoms with van der Waals surface area (Å²) in [6.07, 6.45) is 0.410. The van der Waals surface area contributed by atoms with Crippen LogP contribution in [0.4, 0.5) is 4.39 Å². The van der Waals surface area contributed by atoms with Gasteiger partial charge in [0, 0.05) is 18.7 Å². The molecule has 7 nitrogen and oxygen atoms in total. The predicted molar refractivity (Wildman–Crippen MR) is 136 cm³/mol. The smallest absolute Gasteiger partial charge is 0.203 e. The first-order valence-electron chi connectivity index (χ1n) is 10.2. The zero-order chi connectivity index (χ0) is 22.6. The molecule has 32 heavy (non-hydrogen) atoms. The molecule has 0 amide bonds. The maximum atomic E-state index is 13.7. The van der Waals surface area contributed by atoms with Crippen molar-refractivity contribution >= 4 is 29.9 Å². The van der Waals surface area contributed by atoms with E-state index in [1.165, 1.54) is 6.07 Å². The SMILES string of the molecule is CCNC(=NCC(C)Oc1ccccc1F)NCCc1ccc(OC)c(OC)c1OC.I. The Bertz CT molecular complexity index is 867. The molecule has 2 aromatic carbocycles. The minimum Gasteiger partial charge on any atom is -0.493 e. The molecule has 9 heteroatoms. The molecule has 2 N–H and O–H groups in total. The number of nitrogens with zero attached hydrogens (tertiary/aromatic N) is 1. The monoisotopic (exact) mass is 561 g/mol. The fraction of sp³-hybridized carbons (Fsp3) is 0.435. The number of hydrogen-bond acceptors (Lipinski definition) is 5. The number of para-hydroxylation sites is 1. The summed E-state index contributed by atoms with van der Waals surface area (Å²) < 4.78 is 35.7. The lowest BCUT2D eigenvalue weighted by molar-refractivity contribution is 0.220. The van der Waals surface area contributed by atoms with Gasteiger partial charge in [0.05, 0.1) is 27.9 Å². The number of halogens is 2.